The first-order valence-electron chi connectivity index (χ1n) is 32.1. The summed E-state index contributed by atoms with van der Waals surface area (Å²) in [5.74, 6) is -13.6. The number of aliphatic hydroxyl groups is 1. The third-order valence-electron chi connectivity index (χ3n) is 17.8. The van der Waals surface area contributed by atoms with Crippen molar-refractivity contribution in [1.82, 2.24) is 39.6 Å². The van der Waals surface area contributed by atoms with Crippen molar-refractivity contribution in [2.24, 2.45) is 59.2 Å². The summed E-state index contributed by atoms with van der Waals surface area (Å²) >= 11 is 0. The number of hydrogen-bond donors (Lipinski definition) is 2. The van der Waals surface area contributed by atoms with Gasteiger partial charge in [0.2, 0.25) is 47.3 Å². The number of carbonyl (C=O) groups excluding carboxylic acids is 11. The SMILES string of the molecule is C/C=C/C[C@@H](C)[C@@H](O)[C@H]1C(=O)N[C@@H](CC)C(=O)N(C)[C@H](C)C(=O)N(C)[C@@H]([C@H](C)CS(C)(=O)=O)C(=O)C[C@@H](C(C)C)C(=O)N(C)[C@@H](CC(C)C)C(=O)C[C@@H](C)C(=O)C[C@H](C)C(=O)N(C)[C@@H](CC(C)C)C(=O)N(C)[C@@H](CC(C)C)C(=O)N(C)[C@@H](C(C)C)C(=O)N1C. The molecule has 0 spiro atoms. The number of likely N-dealkylation sites (N-methyl/N-ethyl adjacent to an activating group) is 7. The van der Waals surface area contributed by atoms with E-state index in [-0.39, 0.29) is 62.7 Å². The summed E-state index contributed by atoms with van der Waals surface area (Å²) in [6.07, 6.45) is 2.73. The molecule has 1 aliphatic rings. The van der Waals surface area contributed by atoms with Crippen LogP contribution >= 0.6 is 0 Å². The summed E-state index contributed by atoms with van der Waals surface area (Å²) < 4.78 is 25.8. The van der Waals surface area contributed by atoms with Crippen LogP contribution < -0.4 is 5.32 Å². The number of sulfone groups is 1. The molecule has 1 rings (SSSR count). The normalized spacial score (nSPS) is 27.8. The standard InChI is InChI=1S/C66H116N8O14S/c1-26-28-29-42(13)58(78)57-59(79)67-48(27-2)63(83)68(18)46(17)61(81)73(23)56(45(16)36-89(25,87)88)54(77)35-47(40(9)10)62(82)69(19)49(30-37(3)4)53(76)33-43(14)52(75)34-44(15)60(80)70(20)50(31-38(5)6)64(84)71(21)51(32-39(7)8)65(85)72(22)55(41(11)12)66(86)74(57)24/h26,28,37-51,55-58,78H,27,29-36H2,1-25H3,(H,67,79)/b28-26+/t42-,43-,44+,45-,46-,47+,48+,49+,50+,51+,55+,56+,57+,58-/m1/s1. The number of hydrogen-bond acceptors (Lipinski definition) is 14. The first-order valence-corrected chi connectivity index (χ1v) is 34.1. The molecular formula is C66H116N8O14S. The Bertz CT molecular complexity index is 2610. The van der Waals surface area contributed by atoms with E-state index < -0.39 is 182 Å². The van der Waals surface area contributed by atoms with Crippen LogP contribution in [-0.4, -0.2) is 228 Å². The van der Waals surface area contributed by atoms with Gasteiger partial charge in [-0.2, -0.15) is 0 Å². The van der Waals surface area contributed by atoms with Gasteiger partial charge in [-0.15, -0.1) is 0 Å². The first kappa shape index (κ1) is 81.4. The topological polar surface area (TPSA) is 277 Å². The third-order valence-corrected chi connectivity index (χ3v) is 19.0. The number of aliphatic hydroxyl groups excluding tert-OH is 1. The van der Waals surface area contributed by atoms with Gasteiger partial charge in [-0.25, -0.2) is 8.42 Å². The minimum atomic E-state index is -3.77. The predicted molar refractivity (Wildman–Crippen MR) is 346 cm³/mol. The molecule has 2 N–H and O–H groups in total. The number of allylic oxidation sites excluding steroid dienone is 2. The molecule has 0 saturated carbocycles. The van der Waals surface area contributed by atoms with Gasteiger partial charge in [-0.3, -0.25) is 52.7 Å². The van der Waals surface area contributed by atoms with Crippen molar-refractivity contribution < 1.29 is 66.3 Å². The van der Waals surface area contributed by atoms with E-state index in [4.69, 9.17) is 0 Å². The number of ketones is 3. The van der Waals surface area contributed by atoms with Crippen LogP contribution in [0.15, 0.2) is 12.2 Å². The van der Waals surface area contributed by atoms with Gasteiger partial charge in [0.1, 0.15) is 51.9 Å². The van der Waals surface area contributed by atoms with E-state index in [2.05, 4.69) is 5.32 Å². The van der Waals surface area contributed by atoms with E-state index in [1.165, 1.54) is 82.8 Å². The molecule has 0 aromatic heterocycles. The van der Waals surface area contributed by atoms with E-state index in [1.54, 1.807) is 74.5 Å². The lowest BCUT2D eigenvalue weighted by atomic mass is 9.83. The molecule has 0 aromatic rings. The maximum Gasteiger partial charge on any atom is 0.246 e. The molecule has 1 heterocycles. The first-order chi connectivity index (χ1) is 40.8. The summed E-state index contributed by atoms with van der Waals surface area (Å²) in [7, 11) is 6.04. The van der Waals surface area contributed by atoms with Gasteiger partial charge in [-0.05, 0) is 87.4 Å². The molecule has 8 amide bonds. The largest absolute Gasteiger partial charge is 0.390 e. The van der Waals surface area contributed by atoms with Crippen molar-refractivity contribution in [3.63, 3.8) is 0 Å². The van der Waals surface area contributed by atoms with Crippen LogP contribution in [0.25, 0.3) is 0 Å². The molecule has 1 fully saturated rings. The van der Waals surface area contributed by atoms with Gasteiger partial charge in [-0.1, -0.05) is 116 Å². The lowest BCUT2D eigenvalue weighted by Gasteiger charge is -2.41. The molecule has 0 unspecified atom stereocenters. The Morgan fingerprint density at radius 3 is 1.39 bits per heavy atom. The Morgan fingerprint density at radius 1 is 0.506 bits per heavy atom. The highest BCUT2D eigenvalue weighted by molar-refractivity contribution is 7.90. The number of amides is 8. The van der Waals surface area contributed by atoms with E-state index in [1.807, 2.05) is 41.5 Å². The summed E-state index contributed by atoms with van der Waals surface area (Å²) in [6, 6.07) is -10.4. The summed E-state index contributed by atoms with van der Waals surface area (Å²) in [6.45, 7) is 29.3. The fourth-order valence-electron chi connectivity index (χ4n) is 12.2. The molecular weight excluding hydrogens is 1160 g/mol. The van der Waals surface area contributed by atoms with Gasteiger partial charge < -0.3 is 44.7 Å². The molecule has 0 bridgehead atoms. The number of Topliss-reactive ketones (excluding diaryl/α,β-unsaturated/α-hetero) is 3. The third kappa shape index (κ3) is 22.6. The second-order valence-electron chi connectivity index (χ2n) is 27.8. The molecule has 14 atom stereocenters. The number of carbonyl (C=O) groups is 11. The minimum absolute atomic E-state index is 0.0387. The fourth-order valence-corrected chi connectivity index (χ4v) is 13.3. The van der Waals surface area contributed by atoms with E-state index >= 15 is 14.4 Å². The summed E-state index contributed by atoms with van der Waals surface area (Å²) in [5, 5.41) is 14.9. The molecule has 22 nitrogen and oxygen atoms in total. The van der Waals surface area contributed by atoms with Gasteiger partial charge in [0.25, 0.3) is 0 Å². The van der Waals surface area contributed by atoms with E-state index in [0.29, 0.717) is 0 Å². The smallest absolute Gasteiger partial charge is 0.246 e. The van der Waals surface area contributed by atoms with Crippen molar-refractivity contribution in [2.75, 3.05) is 61.3 Å². The van der Waals surface area contributed by atoms with Crippen LogP contribution in [0.1, 0.15) is 169 Å². The Morgan fingerprint density at radius 2 is 0.944 bits per heavy atom. The zero-order valence-corrected chi connectivity index (χ0v) is 59.6. The summed E-state index contributed by atoms with van der Waals surface area (Å²) in [4.78, 5) is 171. The molecule has 1 aliphatic heterocycles. The van der Waals surface area contributed by atoms with Crippen molar-refractivity contribution >= 4 is 74.4 Å². The maximum atomic E-state index is 15.2. The predicted octanol–water partition coefficient (Wildman–Crippen LogP) is 5.56. The Kier molecular flexibility index (Phi) is 32.8. The fraction of sp³-hybridized carbons (Fsp3) is 0.803. The highest BCUT2D eigenvalue weighted by Crippen LogP contribution is 2.30. The van der Waals surface area contributed by atoms with Gasteiger partial charge >= 0.3 is 0 Å². The average molecular weight is 1280 g/mol. The molecule has 0 aromatic carbocycles. The quantitative estimate of drug-likeness (QED) is 0.179. The minimum Gasteiger partial charge on any atom is -0.390 e. The lowest BCUT2D eigenvalue weighted by Crippen LogP contribution is -2.63. The van der Waals surface area contributed by atoms with Crippen molar-refractivity contribution in [3.05, 3.63) is 12.2 Å². The van der Waals surface area contributed by atoms with Crippen LogP contribution in [0.4, 0.5) is 0 Å². The van der Waals surface area contributed by atoms with Crippen molar-refractivity contribution in [2.45, 2.75) is 224 Å². The average Bonchev–Trinajstić information content (AvgIpc) is 0.981. The van der Waals surface area contributed by atoms with E-state index in [9.17, 15) is 51.9 Å². The number of nitrogens with zero attached hydrogens (tertiary/aromatic N) is 7. The van der Waals surface area contributed by atoms with Gasteiger partial charge in [0, 0.05) is 92.6 Å². The van der Waals surface area contributed by atoms with Crippen LogP contribution in [0.5, 0.6) is 0 Å². The number of nitrogens with one attached hydrogen (secondary N) is 1. The zero-order valence-electron chi connectivity index (χ0n) is 58.8. The molecule has 510 valence electrons. The lowest BCUT2D eigenvalue weighted by molar-refractivity contribution is -0.157. The molecule has 89 heavy (non-hydrogen) atoms. The molecule has 0 radical (unpaired) electrons. The van der Waals surface area contributed by atoms with Crippen LogP contribution in [0.3, 0.4) is 0 Å². The van der Waals surface area contributed by atoms with Crippen molar-refractivity contribution in [3.8, 4) is 0 Å². The van der Waals surface area contributed by atoms with Crippen LogP contribution in [-0.2, 0) is 62.6 Å². The van der Waals surface area contributed by atoms with Gasteiger partial charge in [0.15, 0.2) is 11.6 Å². The van der Waals surface area contributed by atoms with Crippen LogP contribution in [0.2, 0.25) is 0 Å². The second kappa shape index (κ2) is 35.9. The maximum absolute atomic E-state index is 15.2. The van der Waals surface area contributed by atoms with Gasteiger partial charge in [0.05, 0.1) is 23.9 Å². The monoisotopic (exact) mass is 1280 g/mol. The highest BCUT2D eigenvalue weighted by Gasteiger charge is 2.46. The Hall–Kier alpha value is -5.58. The second-order valence-corrected chi connectivity index (χ2v) is 30.0. The molecule has 23 heteroatoms. The Balaban J connectivity index is 4.46. The van der Waals surface area contributed by atoms with Crippen molar-refractivity contribution in [1.29, 1.82) is 0 Å². The highest BCUT2D eigenvalue weighted by atomic mass is 32.2. The van der Waals surface area contributed by atoms with Crippen LogP contribution in [0, 0.1) is 59.2 Å². The number of rotatable bonds is 16. The zero-order chi connectivity index (χ0) is 69.3. The molecule has 0 aliphatic carbocycles. The summed E-state index contributed by atoms with van der Waals surface area (Å²) in [5.41, 5.74) is 0. The molecule has 1 saturated heterocycles. The Labute approximate surface area is 534 Å². The van der Waals surface area contributed by atoms with E-state index in [0.717, 1.165) is 21.0 Å².